The Balaban J connectivity index is 2.30. The van der Waals surface area contributed by atoms with E-state index in [1.54, 1.807) is 0 Å². The van der Waals surface area contributed by atoms with Crippen molar-refractivity contribution in [2.24, 2.45) is 5.92 Å². The first-order valence-electron chi connectivity index (χ1n) is 4.19. The summed E-state index contributed by atoms with van der Waals surface area (Å²) in [4.78, 5) is 11.1. The molecule has 3 heteroatoms. The van der Waals surface area contributed by atoms with E-state index in [0.29, 0.717) is 6.04 Å². The summed E-state index contributed by atoms with van der Waals surface area (Å²) >= 11 is 0. The summed E-state index contributed by atoms with van der Waals surface area (Å²) in [7, 11) is 1.93. The molecule has 1 heterocycles. The number of hydrogen-bond acceptors (Lipinski definition) is 2. The number of carbonyl (C=O) groups excluding carboxylic acids is 1. The molecule has 3 nitrogen and oxygen atoms in total. The number of rotatable bonds is 3. The van der Waals surface area contributed by atoms with E-state index in [1.807, 2.05) is 7.05 Å². The maximum Gasteiger partial charge on any atom is 0.223 e. The molecule has 0 aliphatic carbocycles. The fraction of sp³-hybridized carbons (Fsp3) is 0.875. The Labute approximate surface area is 67.5 Å². The summed E-state index contributed by atoms with van der Waals surface area (Å²) < 4.78 is 0. The number of carbonyl (C=O) groups is 1. The molecule has 0 saturated carbocycles. The smallest absolute Gasteiger partial charge is 0.223 e. The molecule has 2 N–H and O–H groups in total. The minimum absolute atomic E-state index is 0.229. The molecule has 1 saturated heterocycles. The summed E-state index contributed by atoms with van der Waals surface area (Å²) in [6.07, 6.45) is 1.97. The lowest BCUT2D eigenvalue weighted by atomic mass is 10.00. The lowest BCUT2D eigenvalue weighted by Crippen LogP contribution is -2.28. The van der Waals surface area contributed by atoms with Gasteiger partial charge in [0.05, 0.1) is 0 Å². The van der Waals surface area contributed by atoms with E-state index in [9.17, 15) is 4.79 Å². The molecule has 0 aromatic rings. The van der Waals surface area contributed by atoms with Gasteiger partial charge in [-0.15, -0.1) is 0 Å². The van der Waals surface area contributed by atoms with Crippen LogP contribution in [0.25, 0.3) is 0 Å². The molecule has 0 spiro atoms. The minimum Gasteiger partial charge on any atom is -0.356 e. The quantitative estimate of drug-likeness (QED) is 0.609. The number of amides is 1. The van der Waals surface area contributed by atoms with E-state index in [0.717, 1.165) is 19.4 Å². The molecule has 11 heavy (non-hydrogen) atoms. The van der Waals surface area contributed by atoms with Crippen molar-refractivity contribution in [1.82, 2.24) is 10.6 Å². The van der Waals surface area contributed by atoms with E-state index in [1.165, 1.54) is 0 Å². The summed E-state index contributed by atoms with van der Waals surface area (Å²) in [6, 6.07) is 0.448. The molecule has 2 unspecified atom stereocenters. The van der Waals surface area contributed by atoms with Gasteiger partial charge in [-0.05, 0) is 26.8 Å². The molecule has 0 aromatic heterocycles. The highest BCUT2D eigenvalue weighted by Gasteiger charge is 2.24. The molecular weight excluding hydrogens is 140 g/mol. The van der Waals surface area contributed by atoms with Crippen LogP contribution >= 0.6 is 0 Å². The SMILES string of the molecule is CNC(C)CC1CCNC1=O. The first-order chi connectivity index (χ1) is 5.24. The van der Waals surface area contributed by atoms with Crippen molar-refractivity contribution in [2.75, 3.05) is 13.6 Å². The average Bonchev–Trinajstić information content (AvgIpc) is 2.37. The van der Waals surface area contributed by atoms with Crippen LogP contribution in [0.3, 0.4) is 0 Å². The third-order valence-corrected chi connectivity index (χ3v) is 2.29. The van der Waals surface area contributed by atoms with Gasteiger partial charge in [0, 0.05) is 18.5 Å². The minimum atomic E-state index is 0.229. The van der Waals surface area contributed by atoms with Gasteiger partial charge in [-0.2, -0.15) is 0 Å². The highest BCUT2D eigenvalue weighted by Crippen LogP contribution is 2.15. The van der Waals surface area contributed by atoms with Gasteiger partial charge < -0.3 is 10.6 Å². The zero-order chi connectivity index (χ0) is 8.27. The van der Waals surface area contributed by atoms with Crippen molar-refractivity contribution in [3.8, 4) is 0 Å². The van der Waals surface area contributed by atoms with Gasteiger partial charge in [-0.25, -0.2) is 0 Å². The number of hydrogen-bond donors (Lipinski definition) is 2. The van der Waals surface area contributed by atoms with Crippen molar-refractivity contribution in [3.05, 3.63) is 0 Å². The van der Waals surface area contributed by atoms with Crippen LogP contribution in [0.5, 0.6) is 0 Å². The lowest BCUT2D eigenvalue weighted by molar-refractivity contribution is -0.122. The van der Waals surface area contributed by atoms with Crippen molar-refractivity contribution in [2.45, 2.75) is 25.8 Å². The van der Waals surface area contributed by atoms with Gasteiger partial charge in [-0.1, -0.05) is 0 Å². The summed E-state index contributed by atoms with van der Waals surface area (Å²) in [6.45, 7) is 2.96. The highest BCUT2D eigenvalue weighted by atomic mass is 16.2. The molecule has 64 valence electrons. The lowest BCUT2D eigenvalue weighted by Gasteiger charge is -2.12. The topological polar surface area (TPSA) is 41.1 Å². The van der Waals surface area contributed by atoms with Gasteiger partial charge in [-0.3, -0.25) is 4.79 Å². The van der Waals surface area contributed by atoms with Crippen LogP contribution in [0.15, 0.2) is 0 Å². The fourth-order valence-electron chi connectivity index (χ4n) is 1.41. The molecule has 1 rings (SSSR count). The van der Waals surface area contributed by atoms with E-state index in [-0.39, 0.29) is 11.8 Å². The van der Waals surface area contributed by atoms with Gasteiger partial charge >= 0.3 is 0 Å². The van der Waals surface area contributed by atoms with Crippen molar-refractivity contribution in [1.29, 1.82) is 0 Å². The Morgan fingerprint density at radius 1 is 1.82 bits per heavy atom. The van der Waals surface area contributed by atoms with Gasteiger partial charge in [0.25, 0.3) is 0 Å². The van der Waals surface area contributed by atoms with E-state index < -0.39 is 0 Å². The summed E-state index contributed by atoms with van der Waals surface area (Å²) in [5.74, 6) is 0.476. The Morgan fingerprint density at radius 3 is 3.00 bits per heavy atom. The average molecular weight is 156 g/mol. The zero-order valence-electron chi connectivity index (χ0n) is 7.18. The molecule has 1 aliphatic rings. The molecule has 1 fully saturated rings. The van der Waals surface area contributed by atoms with Crippen molar-refractivity contribution < 1.29 is 4.79 Å². The van der Waals surface area contributed by atoms with Crippen LogP contribution in [0.2, 0.25) is 0 Å². The molecule has 0 radical (unpaired) electrons. The standard InChI is InChI=1S/C8H16N2O/c1-6(9-2)5-7-3-4-10-8(7)11/h6-7,9H,3-5H2,1-2H3,(H,10,11). The van der Waals surface area contributed by atoms with Crippen LogP contribution in [0.1, 0.15) is 19.8 Å². The second-order valence-corrected chi connectivity index (χ2v) is 3.20. The van der Waals surface area contributed by atoms with E-state index in [2.05, 4.69) is 17.6 Å². The monoisotopic (exact) mass is 156 g/mol. The van der Waals surface area contributed by atoms with Crippen molar-refractivity contribution in [3.63, 3.8) is 0 Å². The zero-order valence-corrected chi connectivity index (χ0v) is 7.18. The van der Waals surface area contributed by atoms with E-state index in [4.69, 9.17) is 0 Å². The second kappa shape index (κ2) is 3.72. The van der Waals surface area contributed by atoms with Gasteiger partial charge in [0.1, 0.15) is 0 Å². The third kappa shape index (κ3) is 2.19. The largest absolute Gasteiger partial charge is 0.356 e. The Kier molecular flexibility index (Phi) is 2.88. The number of nitrogens with one attached hydrogen (secondary N) is 2. The van der Waals surface area contributed by atoms with Crippen LogP contribution in [-0.4, -0.2) is 25.5 Å². The molecule has 0 aromatic carbocycles. The molecule has 2 atom stereocenters. The fourth-order valence-corrected chi connectivity index (χ4v) is 1.41. The van der Waals surface area contributed by atoms with E-state index >= 15 is 0 Å². The predicted molar refractivity (Wildman–Crippen MR) is 44.3 cm³/mol. The molecule has 1 amide bonds. The first-order valence-corrected chi connectivity index (χ1v) is 4.19. The summed E-state index contributed by atoms with van der Waals surface area (Å²) in [5.41, 5.74) is 0. The van der Waals surface area contributed by atoms with Crippen molar-refractivity contribution >= 4 is 5.91 Å². The highest BCUT2D eigenvalue weighted by molar-refractivity contribution is 5.80. The maximum atomic E-state index is 11.1. The Morgan fingerprint density at radius 2 is 2.55 bits per heavy atom. The van der Waals surface area contributed by atoms with Crippen LogP contribution < -0.4 is 10.6 Å². The Hall–Kier alpha value is -0.570. The predicted octanol–water partition coefficient (Wildman–Crippen LogP) is 0.120. The maximum absolute atomic E-state index is 11.1. The third-order valence-electron chi connectivity index (χ3n) is 2.29. The molecule has 1 aliphatic heterocycles. The molecular formula is C8H16N2O. The van der Waals surface area contributed by atoms with Crippen LogP contribution in [-0.2, 0) is 4.79 Å². The van der Waals surface area contributed by atoms with Crippen LogP contribution in [0, 0.1) is 5.92 Å². The Bertz CT molecular complexity index is 147. The first kappa shape index (κ1) is 8.53. The summed E-state index contributed by atoms with van der Waals surface area (Å²) in [5, 5.41) is 5.96. The van der Waals surface area contributed by atoms with Gasteiger partial charge in [0.2, 0.25) is 5.91 Å². The van der Waals surface area contributed by atoms with Crippen LogP contribution in [0.4, 0.5) is 0 Å². The molecule has 0 bridgehead atoms. The van der Waals surface area contributed by atoms with Gasteiger partial charge in [0.15, 0.2) is 0 Å². The normalized spacial score (nSPS) is 26.7. The second-order valence-electron chi connectivity index (χ2n) is 3.20.